The van der Waals surface area contributed by atoms with E-state index in [0.29, 0.717) is 30.9 Å². The molecule has 6 nitrogen and oxygen atoms in total. The monoisotopic (exact) mass is 271 g/mol. The van der Waals surface area contributed by atoms with Gasteiger partial charge >= 0.3 is 0 Å². The fourth-order valence-electron chi connectivity index (χ4n) is 1.71. The minimum atomic E-state index is -3.62. The summed E-state index contributed by atoms with van der Waals surface area (Å²) in [5.74, 6) is 0. The summed E-state index contributed by atoms with van der Waals surface area (Å²) in [5, 5.41) is 0. The summed E-state index contributed by atoms with van der Waals surface area (Å²) in [7, 11) is -3.62. The molecular weight excluding hydrogens is 262 g/mol. The van der Waals surface area contributed by atoms with Crippen LogP contribution in [0.2, 0.25) is 0 Å². The molecule has 1 saturated heterocycles. The van der Waals surface area contributed by atoms with Crippen molar-refractivity contribution >= 4 is 32.8 Å². The van der Waals surface area contributed by atoms with Crippen molar-refractivity contribution in [3.05, 3.63) is 18.2 Å². The number of sulfonamides is 1. The number of hydrogen-bond donors (Lipinski definition) is 0. The Kier molecular flexibility index (Phi) is 2.58. The molecule has 3 rings (SSSR count). The molecule has 2 aliphatic rings. The fourth-order valence-corrected chi connectivity index (χ4v) is 3.77. The van der Waals surface area contributed by atoms with Gasteiger partial charge in [0, 0.05) is 6.54 Å². The molecule has 1 aromatic rings. The molecule has 8 heteroatoms. The number of hydroxylamine groups is 1. The van der Waals surface area contributed by atoms with Crippen LogP contribution >= 0.6 is 0 Å². The molecule has 0 N–H and O–H groups in total. The summed E-state index contributed by atoms with van der Waals surface area (Å²) in [6, 6.07) is 4.93. The molecule has 1 fully saturated rings. The average molecular weight is 271 g/mol. The Morgan fingerprint density at radius 3 is 3.00 bits per heavy atom. The van der Waals surface area contributed by atoms with Crippen LogP contribution in [0, 0.1) is 0 Å². The minimum absolute atomic E-state index is 0.158. The van der Waals surface area contributed by atoms with Crippen LogP contribution in [0.25, 0.3) is 0 Å². The van der Waals surface area contributed by atoms with E-state index in [1.165, 1.54) is 6.07 Å². The van der Waals surface area contributed by atoms with Crippen molar-refractivity contribution in [1.29, 1.82) is 0 Å². The van der Waals surface area contributed by atoms with Gasteiger partial charge in [-0.15, -0.1) is 0 Å². The highest BCUT2D eigenvalue weighted by molar-refractivity contribution is 7.89. The average Bonchev–Trinajstić information content (AvgIpc) is 2.99. The van der Waals surface area contributed by atoms with E-state index in [1.807, 2.05) is 0 Å². The van der Waals surface area contributed by atoms with Gasteiger partial charge < -0.3 is 0 Å². The zero-order valence-corrected chi connectivity index (χ0v) is 10.4. The molecule has 0 amide bonds. The van der Waals surface area contributed by atoms with Crippen molar-refractivity contribution in [3.8, 4) is 0 Å². The SMILES string of the molecule is O=S(=O)(c1cccc2c1N=S=N2)N1CCCO1. The lowest BCUT2D eigenvalue weighted by Crippen LogP contribution is -2.26. The maximum Gasteiger partial charge on any atom is 0.267 e. The Labute approximate surface area is 102 Å². The fraction of sp³-hybridized carbons (Fsp3) is 0.333. The normalized spacial score (nSPS) is 19.3. The van der Waals surface area contributed by atoms with Crippen LogP contribution in [-0.4, -0.2) is 26.0 Å². The number of hydrogen-bond acceptors (Lipinski definition) is 5. The molecule has 2 heterocycles. The van der Waals surface area contributed by atoms with Gasteiger partial charge in [0.15, 0.2) is 0 Å². The zero-order valence-electron chi connectivity index (χ0n) is 8.74. The number of benzene rings is 1. The Bertz CT molecular complexity index is 629. The Morgan fingerprint density at radius 2 is 2.24 bits per heavy atom. The third-order valence-electron chi connectivity index (χ3n) is 2.52. The van der Waals surface area contributed by atoms with Crippen LogP contribution in [-0.2, 0) is 26.2 Å². The van der Waals surface area contributed by atoms with Crippen LogP contribution in [0.15, 0.2) is 31.8 Å². The van der Waals surface area contributed by atoms with Crippen LogP contribution in [0.5, 0.6) is 0 Å². The Balaban J connectivity index is 2.11. The third-order valence-corrected chi connectivity index (χ3v) is 4.77. The molecule has 2 aliphatic heterocycles. The molecule has 0 aliphatic carbocycles. The van der Waals surface area contributed by atoms with Crippen LogP contribution in [0.3, 0.4) is 0 Å². The highest BCUT2D eigenvalue weighted by Gasteiger charge is 2.32. The van der Waals surface area contributed by atoms with Gasteiger partial charge in [-0.2, -0.15) is 8.73 Å². The van der Waals surface area contributed by atoms with Gasteiger partial charge in [0.25, 0.3) is 10.0 Å². The molecule has 0 bridgehead atoms. The van der Waals surface area contributed by atoms with Gasteiger partial charge in [-0.1, -0.05) is 10.5 Å². The van der Waals surface area contributed by atoms with Gasteiger partial charge in [0.05, 0.1) is 18.0 Å². The van der Waals surface area contributed by atoms with Crippen molar-refractivity contribution in [2.45, 2.75) is 11.3 Å². The predicted octanol–water partition coefficient (Wildman–Crippen LogP) is 1.74. The summed E-state index contributed by atoms with van der Waals surface area (Å²) >= 11 is 1.00. The lowest BCUT2D eigenvalue weighted by Gasteiger charge is -2.15. The Morgan fingerprint density at radius 1 is 1.35 bits per heavy atom. The number of nitrogens with zero attached hydrogens (tertiary/aromatic N) is 3. The third kappa shape index (κ3) is 1.73. The molecule has 0 atom stereocenters. The van der Waals surface area contributed by atoms with E-state index in [0.717, 1.165) is 15.8 Å². The maximum absolute atomic E-state index is 12.3. The van der Waals surface area contributed by atoms with Crippen LogP contribution in [0.1, 0.15) is 6.42 Å². The van der Waals surface area contributed by atoms with Gasteiger partial charge in [-0.3, -0.25) is 4.84 Å². The molecule has 17 heavy (non-hydrogen) atoms. The highest BCUT2D eigenvalue weighted by Crippen LogP contribution is 2.38. The van der Waals surface area contributed by atoms with E-state index in [9.17, 15) is 8.42 Å². The molecule has 1 aromatic carbocycles. The summed E-state index contributed by atoms with van der Waals surface area (Å²) in [6.45, 7) is 0.820. The number of rotatable bonds is 2. The summed E-state index contributed by atoms with van der Waals surface area (Å²) in [5.41, 5.74) is 1.00. The van der Waals surface area contributed by atoms with E-state index >= 15 is 0 Å². The van der Waals surface area contributed by atoms with E-state index < -0.39 is 10.0 Å². The summed E-state index contributed by atoms with van der Waals surface area (Å²) in [4.78, 5) is 5.26. The highest BCUT2D eigenvalue weighted by atomic mass is 32.2. The van der Waals surface area contributed by atoms with Crippen molar-refractivity contribution in [1.82, 2.24) is 4.47 Å². The zero-order chi connectivity index (χ0) is 11.9. The molecular formula is C9H9N3O3S2. The Hall–Kier alpha value is -1.09. The molecule has 0 spiro atoms. The number of fused-ring (bicyclic) bond motifs is 1. The second kappa shape index (κ2) is 3.98. The molecule has 0 aromatic heterocycles. The second-order valence-electron chi connectivity index (χ2n) is 3.61. The molecule has 0 unspecified atom stereocenters. The van der Waals surface area contributed by atoms with Crippen molar-refractivity contribution in [2.24, 2.45) is 8.73 Å². The van der Waals surface area contributed by atoms with E-state index in [-0.39, 0.29) is 4.90 Å². The van der Waals surface area contributed by atoms with E-state index in [2.05, 4.69) is 8.73 Å². The van der Waals surface area contributed by atoms with Crippen molar-refractivity contribution < 1.29 is 13.3 Å². The standard InChI is InChI=1S/C9H9N3O3S2/c13-17(14,12-5-2-6-15-12)8-4-1-3-7-9(8)11-16-10-7/h1,3-4H,2,5-6H2. The quantitative estimate of drug-likeness (QED) is 0.835. The van der Waals surface area contributed by atoms with Gasteiger partial charge in [-0.25, -0.2) is 8.42 Å². The first-order chi connectivity index (χ1) is 8.19. The lowest BCUT2D eigenvalue weighted by molar-refractivity contribution is -0.0284. The lowest BCUT2D eigenvalue weighted by atomic mass is 10.3. The molecule has 0 radical (unpaired) electrons. The van der Waals surface area contributed by atoms with Crippen molar-refractivity contribution in [2.75, 3.05) is 13.2 Å². The summed E-state index contributed by atoms with van der Waals surface area (Å²) in [6.07, 6.45) is 0.713. The van der Waals surface area contributed by atoms with Gasteiger partial charge in [-0.05, 0) is 18.6 Å². The molecule has 90 valence electrons. The molecule has 0 saturated carbocycles. The van der Waals surface area contributed by atoms with E-state index in [4.69, 9.17) is 4.84 Å². The minimum Gasteiger partial charge on any atom is -0.284 e. The second-order valence-corrected chi connectivity index (χ2v) is 5.93. The van der Waals surface area contributed by atoms with Gasteiger partial charge in [0.1, 0.15) is 16.3 Å². The van der Waals surface area contributed by atoms with Crippen LogP contribution < -0.4 is 0 Å². The first-order valence-corrected chi connectivity index (χ1v) is 7.23. The summed E-state index contributed by atoms with van der Waals surface area (Å²) < 4.78 is 33.6. The maximum atomic E-state index is 12.3. The van der Waals surface area contributed by atoms with Crippen LogP contribution in [0.4, 0.5) is 11.4 Å². The first-order valence-electron chi connectivity index (χ1n) is 5.06. The topological polar surface area (TPSA) is 71.3 Å². The first kappa shape index (κ1) is 11.0. The largest absolute Gasteiger partial charge is 0.284 e. The van der Waals surface area contributed by atoms with E-state index in [1.54, 1.807) is 12.1 Å². The van der Waals surface area contributed by atoms with Crippen molar-refractivity contribution in [3.63, 3.8) is 0 Å². The smallest absolute Gasteiger partial charge is 0.267 e. The predicted molar refractivity (Wildman–Crippen MR) is 62.4 cm³/mol. The van der Waals surface area contributed by atoms with Gasteiger partial charge in [0.2, 0.25) is 0 Å².